The molecule has 1 aromatic carbocycles. The van der Waals surface area contributed by atoms with E-state index in [4.69, 9.17) is 16.0 Å². The molecule has 2 N–H and O–H groups in total. The number of hydrogen-bond donors (Lipinski definition) is 2. The Morgan fingerprint density at radius 2 is 1.70 bits per heavy atom. The molecule has 0 amide bonds. The molecule has 1 aliphatic heterocycles. The van der Waals surface area contributed by atoms with Gasteiger partial charge in [-0.2, -0.15) is 13.2 Å². The molecule has 40 heavy (non-hydrogen) atoms. The van der Waals surface area contributed by atoms with Gasteiger partial charge in [-0.15, -0.1) is 0 Å². The number of furan rings is 1. The Morgan fingerprint density at radius 3 is 2.10 bits per heavy atom. The van der Waals surface area contributed by atoms with Crippen molar-refractivity contribution in [2.75, 3.05) is 37.8 Å². The summed E-state index contributed by atoms with van der Waals surface area (Å²) in [6.45, 7) is 16.3. The van der Waals surface area contributed by atoms with E-state index < -0.39 is 11.7 Å². The van der Waals surface area contributed by atoms with Crippen molar-refractivity contribution in [3.63, 3.8) is 0 Å². The van der Waals surface area contributed by atoms with Gasteiger partial charge < -0.3 is 20.0 Å². The number of benzene rings is 1. The third-order valence-corrected chi connectivity index (χ3v) is 6.98. The molecule has 3 rings (SSSR count). The van der Waals surface area contributed by atoms with Crippen LogP contribution in [-0.2, 0) is 0 Å². The molecule has 0 fully saturated rings. The number of hydrogen-bond acceptors (Lipinski definition) is 4. The summed E-state index contributed by atoms with van der Waals surface area (Å²) >= 11 is 6.11. The van der Waals surface area contributed by atoms with Crippen molar-refractivity contribution in [2.45, 2.75) is 40.3 Å². The highest BCUT2D eigenvalue weighted by atomic mass is 35.5. The first-order valence-corrected chi connectivity index (χ1v) is 13.3. The van der Waals surface area contributed by atoms with Crippen LogP contribution in [0.5, 0.6) is 0 Å². The van der Waals surface area contributed by atoms with E-state index in [9.17, 15) is 13.2 Å². The first kappa shape index (κ1) is 32.6. The molecule has 0 bridgehead atoms. The van der Waals surface area contributed by atoms with Crippen molar-refractivity contribution >= 4 is 34.1 Å². The average Bonchev–Trinajstić information content (AvgIpc) is 3.46. The molecule has 1 aliphatic rings. The maximum atomic E-state index is 12.7. The zero-order valence-corrected chi connectivity index (χ0v) is 24.9. The van der Waals surface area contributed by atoms with Gasteiger partial charge in [0.05, 0.1) is 18.1 Å². The molecule has 4 nitrogen and oxygen atoms in total. The quantitative estimate of drug-likeness (QED) is 0.308. The number of anilines is 2. The van der Waals surface area contributed by atoms with Crippen LogP contribution in [0.15, 0.2) is 100 Å². The van der Waals surface area contributed by atoms with E-state index in [1.54, 1.807) is 19.1 Å². The molecule has 2 heterocycles. The average molecular weight is 574 g/mol. The van der Waals surface area contributed by atoms with E-state index in [0.717, 1.165) is 53.3 Å². The number of allylic oxidation sites excluding steroid dienone is 7. The van der Waals surface area contributed by atoms with E-state index in [1.165, 1.54) is 30.6 Å². The summed E-state index contributed by atoms with van der Waals surface area (Å²) in [5, 5.41) is 7.40. The molecule has 1 aromatic heterocycles. The van der Waals surface area contributed by atoms with E-state index >= 15 is 0 Å². The van der Waals surface area contributed by atoms with Gasteiger partial charge in [-0.1, -0.05) is 43.0 Å². The van der Waals surface area contributed by atoms with Crippen LogP contribution in [0.3, 0.4) is 0 Å². The smallest absolute Gasteiger partial charge is 0.416 e. The molecule has 0 unspecified atom stereocenters. The lowest BCUT2D eigenvalue weighted by Gasteiger charge is -2.31. The van der Waals surface area contributed by atoms with Crippen LogP contribution in [0, 0.1) is 0 Å². The zero-order valence-electron chi connectivity index (χ0n) is 24.1. The molecule has 0 atom stereocenters. The Balaban J connectivity index is 0.000000294. The first-order chi connectivity index (χ1) is 18.8. The van der Waals surface area contributed by atoms with Crippen molar-refractivity contribution in [2.24, 2.45) is 0 Å². The van der Waals surface area contributed by atoms with Gasteiger partial charge in [0, 0.05) is 60.4 Å². The van der Waals surface area contributed by atoms with Gasteiger partial charge in [-0.25, -0.2) is 0 Å². The van der Waals surface area contributed by atoms with Crippen LogP contribution >= 0.6 is 11.6 Å². The van der Waals surface area contributed by atoms with Crippen molar-refractivity contribution in [1.29, 1.82) is 0 Å². The minimum Gasteiger partial charge on any atom is -0.472 e. The van der Waals surface area contributed by atoms with Gasteiger partial charge >= 0.3 is 6.18 Å². The maximum absolute atomic E-state index is 12.7. The van der Waals surface area contributed by atoms with Crippen LogP contribution in [0.2, 0.25) is 0 Å². The summed E-state index contributed by atoms with van der Waals surface area (Å²) in [5.41, 5.74) is 7.34. The standard InChI is InChI=1S/C19H26ClN3.C13H13F3O/c1-13(14(2)20)15(3)23-11-9-16(10-12-23)19-17(21-4)7-6-8-18(19)22-5;1-4-10(11-5-6-17-8-11)7-12(9(2)3)13(14,15)16/h6-9,21-22H,3,10-12H2,1-2,4-5H3;4-8H,2H2,1,3H3/b14-13-;10-4+,12-7+. The van der Waals surface area contributed by atoms with Gasteiger partial charge in [0.2, 0.25) is 0 Å². The van der Waals surface area contributed by atoms with Crippen molar-refractivity contribution in [3.05, 3.63) is 107 Å². The molecule has 0 saturated heterocycles. The molecule has 0 spiro atoms. The number of rotatable bonds is 8. The first-order valence-electron chi connectivity index (χ1n) is 12.9. The fraction of sp³-hybridized carbons (Fsp3) is 0.312. The molecule has 8 heteroatoms. The van der Waals surface area contributed by atoms with Gasteiger partial charge in [0.25, 0.3) is 0 Å². The highest BCUT2D eigenvalue weighted by Crippen LogP contribution is 2.36. The van der Waals surface area contributed by atoms with Crippen molar-refractivity contribution in [3.8, 4) is 0 Å². The van der Waals surface area contributed by atoms with Crippen LogP contribution < -0.4 is 10.6 Å². The summed E-state index contributed by atoms with van der Waals surface area (Å²) in [6.07, 6.45) is 4.37. The molecule has 2 aromatic rings. The molecule has 0 saturated carbocycles. The fourth-order valence-corrected chi connectivity index (χ4v) is 4.37. The SMILES string of the molecule is C=C(/C(C)=C(/C)Cl)N1CC=C(c2c(NC)cccc2NC)CC1.C=C(C)/C(=C\C(=C/C)c1ccoc1)C(F)(F)F. The minimum atomic E-state index is -4.40. The highest BCUT2D eigenvalue weighted by molar-refractivity contribution is 6.29. The predicted molar refractivity (Wildman–Crippen MR) is 164 cm³/mol. The second-order valence-corrected chi connectivity index (χ2v) is 9.92. The van der Waals surface area contributed by atoms with Crippen LogP contribution in [-0.4, -0.2) is 38.3 Å². The lowest BCUT2D eigenvalue weighted by atomic mass is 9.95. The van der Waals surface area contributed by atoms with Crippen LogP contribution in [0.1, 0.15) is 45.2 Å². The normalized spacial score (nSPS) is 14.9. The van der Waals surface area contributed by atoms with Gasteiger partial charge in [0.1, 0.15) is 0 Å². The molecular formula is C32H39ClF3N3O. The molecular weight excluding hydrogens is 535 g/mol. The number of alkyl halides is 3. The summed E-state index contributed by atoms with van der Waals surface area (Å²) in [5.74, 6) is 0. The molecule has 0 radical (unpaired) electrons. The lowest BCUT2D eigenvalue weighted by molar-refractivity contribution is -0.0892. The Labute approximate surface area is 241 Å². The predicted octanol–water partition coefficient (Wildman–Crippen LogP) is 9.65. The largest absolute Gasteiger partial charge is 0.472 e. The van der Waals surface area contributed by atoms with Crippen LogP contribution in [0.4, 0.5) is 24.5 Å². The second kappa shape index (κ2) is 14.7. The number of halogens is 4. The zero-order chi connectivity index (χ0) is 30.0. The van der Waals surface area contributed by atoms with Crippen molar-refractivity contribution in [1.82, 2.24) is 4.90 Å². The van der Waals surface area contributed by atoms with E-state index in [1.807, 2.05) is 27.9 Å². The van der Waals surface area contributed by atoms with Gasteiger partial charge in [-0.3, -0.25) is 0 Å². The Morgan fingerprint density at radius 1 is 1.07 bits per heavy atom. The summed E-state index contributed by atoms with van der Waals surface area (Å²) in [4.78, 5) is 2.28. The highest BCUT2D eigenvalue weighted by Gasteiger charge is 2.34. The number of nitrogens with zero attached hydrogens (tertiary/aromatic N) is 1. The van der Waals surface area contributed by atoms with Gasteiger partial charge in [0.15, 0.2) is 0 Å². The molecule has 0 aliphatic carbocycles. The second-order valence-electron chi connectivity index (χ2n) is 9.35. The van der Waals surface area contributed by atoms with Crippen molar-refractivity contribution < 1.29 is 17.6 Å². The third kappa shape index (κ3) is 8.46. The van der Waals surface area contributed by atoms with E-state index in [-0.39, 0.29) is 5.57 Å². The van der Waals surface area contributed by atoms with E-state index in [0.29, 0.717) is 11.1 Å². The Kier molecular flexibility index (Phi) is 12.0. The third-order valence-electron chi connectivity index (χ3n) is 6.70. The summed E-state index contributed by atoms with van der Waals surface area (Å²) < 4.78 is 43.0. The summed E-state index contributed by atoms with van der Waals surface area (Å²) in [6, 6.07) is 7.91. The number of nitrogens with one attached hydrogen (secondary N) is 2. The summed E-state index contributed by atoms with van der Waals surface area (Å²) in [7, 11) is 3.93. The molecule has 216 valence electrons. The Hall–Kier alpha value is -3.58. The lowest BCUT2D eigenvalue weighted by Crippen LogP contribution is -2.28. The fourth-order valence-electron chi connectivity index (χ4n) is 4.26. The van der Waals surface area contributed by atoms with Gasteiger partial charge in [-0.05, 0) is 80.7 Å². The maximum Gasteiger partial charge on any atom is 0.416 e. The minimum absolute atomic E-state index is 0.0136. The topological polar surface area (TPSA) is 40.4 Å². The monoisotopic (exact) mass is 573 g/mol. The van der Waals surface area contributed by atoms with Crippen LogP contribution in [0.25, 0.3) is 11.1 Å². The van der Waals surface area contributed by atoms with E-state index in [2.05, 4.69) is 53.0 Å². The Bertz CT molecular complexity index is 1290.